The SMILES string of the molecule is CNC[C@@H]1CCC2=CC3=CC[C@]4(C)C(=O)CC[C@H]4[C@@]34CC[C@]2(C1)O4. The Hall–Kier alpha value is -0.930. The van der Waals surface area contributed by atoms with E-state index in [0.29, 0.717) is 17.6 Å². The summed E-state index contributed by atoms with van der Waals surface area (Å²) in [4.78, 5) is 12.6. The summed E-state index contributed by atoms with van der Waals surface area (Å²) in [5.41, 5.74) is 2.59. The molecule has 2 bridgehead atoms. The zero-order valence-electron chi connectivity index (χ0n) is 15.0. The van der Waals surface area contributed by atoms with Gasteiger partial charge in [-0.1, -0.05) is 19.1 Å². The first-order valence-corrected chi connectivity index (χ1v) is 9.82. The number of fused-ring (bicyclic) bond motifs is 1. The van der Waals surface area contributed by atoms with Crippen LogP contribution in [-0.2, 0) is 9.53 Å². The Bertz CT molecular complexity index is 665. The van der Waals surface area contributed by atoms with Crippen LogP contribution < -0.4 is 5.32 Å². The second-order valence-electron chi connectivity index (χ2n) is 9.12. The van der Waals surface area contributed by atoms with Gasteiger partial charge in [0, 0.05) is 17.8 Å². The zero-order chi connectivity index (χ0) is 16.6. The lowest BCUT2D eigenvalue weighted by Crippen LogP contribution is -2.54. The molecular weight excluding hydrogens is 298 g/mol. The standard InChI is InChI=1S/C21H29NO2/c1-19-8-7-16-11-15-4-3-14(13-22-2)12-20(15)9-10-21(16,24-20)17(19)5-6-18(19)23/h7,11,14,17,22H,3-6,8-10,12-13H2,1-2H3/t14-,17-,19+,20-,21-/m1/s1. The second-order valence-corrected chi connectivity index (χ2v) is 9.12. The van der Waals surface area contributed by atoms with E-state index in [2.05, 4.69) is 31.4 Å². The van der Waals surface area contributed by atoms with Crippen molar-refractivity contribution in [1.29, 1.82) is 0 Å². The maximum Gasteiger partial charge on any atom is 0.139 e. The molecule has 24 heavy (non-hydrogen) atoms. The molecular formula is C21H29NO2. The first-order chi connectivity index (χ1) is 11.5. The van der Waals surface area contributed by atoms with Crippen molar-refractivity contribution in [3.8, 4) is 0 Å². The van der Waals surface area contributed by atoms with Crippen LogP contribution in [0.5, 0.6) is 0 Å². The predicted molar refractivity (Wildman–Crippen MR) is 93.7 cm³/mol. The molecule has 3 aliphatic carbocycles. The van der Waals surface area contributed by atoms with Crippen molar-refractivity contribution in [1.82, 2.24) is 5.32 Å². The van der Waals surface area contributed by atoms with Crippen LogP contribution in [0.1, 0.15) is 58.3 Å². The molecule has 5 rings (SSSR count). The van der Waals surface area contributed by atoms with E-state index in [1.54, 1.807) is 5.57 Å². The topological polar surface area (TPSA) is 38.3 Å². The summed E-state index contributed by atoms with van der Waals surface area (Å²) >= 11 is 0. The molecule has 5 aliphatic rings. The van der Waals surface area contributed by atoms with Crippen LogP contribution in [0.25, 0.3) is 0 Å². The Kier molecular flexibility index (Phi) is 3.08. The quantitative estimate of drug-likeness (QED) is 0.843. The Morgan fingerprint density at radius 2 is 2.17 bits per heavy atom. The fourth-order valence-corrected chi connectivity index (χ4v) is 6.75. The van der Waals surface area contributed by atoms with Crippen molar-refractivity contribution in [2.75, 3.05) is 13.6 Å². The normalized spacial score (nSPS) is 49.2. The van der Waals surface area contributed by atoms with Crippen molar-refractivity contribution in [3.05, 3.63) is 23.3 Å². The first-order valence-electron chi connectivity index (χ1n) is 9.82. The van der Waals surface area contributed by atoms with E-state index in [0.717, 1.165) is 45.1 Å². The zero-order valence-corrected chi connectivity index (χ0v) is 15.0. The van der Waals surface area contributed by atoms with Crippen LogP contribution in [0.2, 0.25) is 0 Å². The molecule has 3 nitrogen and oxygen atoms in total. The molecule has 2 aliphatic heterocycles. The summed E-state index contributed by atoms with van der Waals surface area (Å²) < 4.78 is 7.07. The highest BCUT2D eigenvalue weighted by Gasteiger charge is 2.66. The molecule has 1 saturated heterocycles. The van der Waals surface area contributed by atoms with Crippen molar-refractivity contribution in [2.24, 2.45) is 17.3 Å². The number of rotatable bonds is 2. The molecule has 5 atom stereocenters. The predicted octanol–water partition coefficient (Wildman–Crippen LogP) is 3.55. The number of hydrogen-bond donors (Lipinski definition) is 1. The van der Waals surface area contributed by atoms with Gasteiger partial charge in [-0.25, -0.2) is 0 Å². The Balaban J connectivity index is 1.57. The Morgan fingerprint density at radius 1 is 1.29 bits per heavy atom. The minimum Gasteiger partial charge on any atom is -0.359 e. The molecule has 2 heterocycles. The highest BCUT2D eigenvalue weighted by molar-refractivity contribution is 5.88. The van der Waals surface area contributed by atoms with Crippen LogP contribution in [0, 0.1) is 17.3 Å². The number of Topliss-reactive ketones (excluding diaryl/α,β-unsaturated/α-hetero) is 1. The maximum atomic E-state index is 12.6. The summed E-state index contributed by atoms with van der Waals surface area (Å²) in [7, 11) is 2.05. The number of hydrogen-bond acceptors (Lipinski definition) is 3. The first kappa shape index (κ1) is 15.3. The average molecular weight is 327 g/mol. The van der Waals surface area contributed by atoms with Gasteiger partial charge in [-0.3, -0.25) is 4.79 Å². The van der Waals surface area contributed by atoms with E-state index in [-0.39, 0.29) is 16.6 Å². The van der Waals surface area contributed by atoms with Gasteiger partial charge in [0.15, 0.2) is 0 Å². The van der Waals surface area contributed by atoms with Gasteiger partial charge in [0.05, 0.1) is 11.2 Å². The minimum atomic E-state index is -0.181. The minimum absolute atomic E-state index is 0.0268. The van der Waals surface area contributed by atoms with Crippen LogP contribution in [0.15, 0.2) is 23.3 Å². The van der Waals surface area contributed by atoms with Crippen LogP contribution >= 0.6 is 0 Å². The molecule has 0 aromatic rings. The summed E-state index contributed by atoms with van der Waals surface area (Å²) in [6.45, 7) is 3.29. The monoisotopic (exact) mass is 327 g/mol. The van der Waals surface area contributed by atoms with Crippen molar-refractivity contribution < 1.29 is 9.53 Å². The van der Waals surface area contributed by atoms with Gasteiger partial charge < -0.3 is 10.1 Å². The van der Waals surface area contributed by atoms with Crippen LogP contribution in [-0.4, -0.2) is 30.6 Å². The molecule has 0 aromatic heterocycles. The lowest BCUT2D eigenvalue weighted by Gasteiger charge is -2.53. The lowest BCUT2D eigenvalue weighted by molar-refractivity contribution is -0.148. The highest BCUT2D eigenvalue weighted by atomic mass is 16.5. The molecule has 2 spiro atoms. The number of allylic oxidation sites excluding steroid dienone is 1. The van der Waals surface area contributed by atoms with Gasteiger partial charge in [0.2, 0.25) is 0 Å². The van der Waals surface area contributed by atoms with E-state index in [4.69, 9.17) is 4.74 Å². The average Bonchev–Trinajstić information content (AvgIpc) is 3.03. The molecule has 3 heteroatoms. The van der Waals surface area contributed by atoms with Crippen molar-refractivity contribution >= 4 is 5.78 Å². The molecule has 0 aromatic carbocycles. The fraction of sp³-hybridized carbons (Fsp3) is 0.762. The van der Waals surface area contributed by atoms with Crippen molar-refractivity contribution in [2.45, 2.75) is 69.5 Å². The van der Waals surface area contributed by atoms with E-state index in [1.165, 1.54) is 18.4 Å². The number of ether oxygens (including phenoxy) is 1. The number of carbonyl (C=O) groups excluding carboxylic acids is 1. The summed E-state index contributed by atoms with van der Waals surface area (Å²) in [5, 5.41) is 3.36. The second kappa shape index (κ2) is 4.82. The Morgan fingerprint density at radius 3 is 3.00 bits per heavy atom. The third kappa shape index (κ3) is 1.73. The van der Waals surface area contributed by atoms with E-state index >= 15 is 0 Å². The van der Waals surface area contributed by atoms with Gasteiger partial charge in [-0.05, 0) is 75.6 Å². The number of ketones is 1. The molecule has 130 valence electrons. The largest absolute Gasteiger partial charge is 0.359 e. The summed E-state index contributed by atoms with van der Waals surface area (Å²) in [6.07, 6.45) is 13.4. The van der Waals surface area contributed by atoms with E-state index in [9.17, 15) is 4.79 Å². The Labute approximate surface area is 144 Å². The van der Waals surface area contributed by atoms with Gasteiger partial charge >= 0.3 is 0 Å². The summed E-state index contributed by atoms with van der Waals surface area (Å²) in [6, 6.07) is 0. The third-order valence-electron chi connectivity index (χ3n) is 7.99. The number of carbonyl (C=O) groups is 1. The third-order valence-corrected chi connectivity index (χ3v) is 7.99. The highest BCUT2D eigenvalue weighted by Crippen LogP contribution is 2.65. The van der Waals surface area contributed by atoms with E-state index in [1.807, 2.05) is 0 Å². The molecule has 1 N–H and O–H groups in total. The molecule has 0 radical (unpaired) electrons. The van der Waals surface area contributed by atoms with Crippen LogP contribution in [0.3, 0.4) is 0 Å². The lowest BCUT2D eigenvalue weighted by atomic mass is 9.61. The van der Waals surface area contributed by atoms with E-state index < -0.39 is 0 Å². The number of nitrogens with one attached hydrogen (secondary N) is 1. The fourth-order valence-electron chi connectivity index (χ4n) is 6.75. The van der Waals surface area contributed by atoms with Gasteiger partial charge in [0.25, 0.3) is 0 Å². The van der Waals surface area contributed by atoms with Gasteiger partial charge in [0.1, 0.15) is 5.78 Å². The van der Waals surface area contributed by atoms with Crippen molar-refractivity contribution in [3.63, 3.8) is 0 Å². The molecule has 2 saturated carbocycles. The van der Waals surface area contributed by atoms with Gasteiger partial charge in [-0.15, -0.1) is 0 Å². The molecule has 0 unspecified atom stereocenters. The smallest absolute Gasteiger partial charge is 0.139 e. The van der Waals surface area contributed by atoms with Gasteiger partial charge in [-0.2, -0.15) is 0 Å². The molecule has 0 amide bonds. The van der Waals surface area contributed by atoms with Crippen LogP contribution in [0.4, 0.5) is 0 Å². The molecule has 3 fully saturated rings. The maximum absolute atomic E-state index is 12.6. The summed E-state index contributed by atoms with van der Waals surface area (Å²) in [5.74, 6) is 1.57.